The van der Waals surface area contributed by atoms with E-state index in [1.165, 1.54) is 11.6 Å². The fraction of sp³-hybridized carbons (Fsp3) is 0.158. The molecule has 21 heavy (non-hydrogen) atoms. The summed E-state index contributed by atoms with van der Waals surface area (Å²) in [5.41, 5.74) is 2.16. The van der Waals surface area contributed by atoms with Gasteiger partial charge in [0, 0.05) is 11.3 Å². The summed E-state index contributed by atoms with van der Waals surface area (Å²) in [6.07, 6.45) is 0. The lowest BCUT2D eigenvalue weighted by atomic mass is 9.90. The molecule has 0 nitrogen and oxygen atoms in total. The molecule has 0 aliphatic carbocycles. The van der Waals surface area contributed by atoms with E-state index in [2.05, 4.69) is 19.1 Å². The Morgan fingerprint density at radius 1 is 0.810 bits per heavy atom. The Morgan fingerprint density at radius 3 is 2.14 bits per heavy atom. The summed E-state index contributed by atoms with van der Waals surface area (Å²) >= 11 is 6.70. The molecule has 0 fully saturated rings. The van der Waals surface area contributed by atoms with Crippen LogP contribution in [0.3, 0.4) is 0 Å². The smallest absolute Gasteiger partial charge is 0.131 e. The second kappa shape index (κ2) is 5.87. The fourth-order valence-electron chi connectivity index (χ4n) is 2.72. The van der Waals surface area contributed by atoms with Gasteiger partial charge in [0.15, 0.2) is 0 Å². The van der Waals surface area contributed by atoms with E-state index in [0.29, 0.717) is 5.39 Å². The van der Waals surface area contributed by atoms with Crippen LogP contribution in [0.15, 0.2) is 66.7 Å². The summed E-state index contributed by atoms with van der Waals surface area (Å²) in [6.45, 7) is 2.10. The van der Waals surface area contributed by atoms with Crippen molar-refractivity contribution >= 4 is 22.4 Å². The van der Waals surface area contributed by atoms with Crippen LogP contribution in [0, 0.1) is 5.82 Å². The second-order valence-electron chi connectivity index (χ2n) is 5.28. The minimum Gasteiger partial charge on any atom is -0.206 e. The molecular weight excluding hydrogens is 283 g/mol. The minimum atomic E-state index is -0.203. The highest BCUT2D eigenvalue weighted by molar-refractivity contribution is 6.22. The molecule has 2 heteroatoms. The van der Waals surface area contributed by atoms with Crippen LogP contribution in [-0.4, -0.2) is 0 Å². The SMILES string of the molecule is CC(c1ccccc1)C(Cl)c1ccc(F)c2ccccc12. The van der Waals surface area contributed by atoms with Crippen molar-refractivity contribution in [2.75, 3.05) is 0 Å². The van der Waals surface area contributed by atoms with Crippen LogP contribution >= 0.6 is 11.6 Å². The maximum atomic E-state index is 13.9. The van der Waals surface area contributed by atoms with Gasteiger partial charge in [-0.2, -0.15) is 0 Å². The molecule has 0 saturated heterocycles. The third-order valence-electron chi connectivity index (χ3n) is 3.97. The average molecular weight is 299 g/mol. The van der Waals surface area contributed by atoms with E-state index in [1.54, 1.807) is 12.1 Å². The zero-order valence-electron chi connectivity index (χ0n) is 11.8. The first-order valence-corrected chi connectivity index (χ1v) is 7.48. The summed E-state index contributed by atoms with van der Waals surface area (Å²) in [5.74, 6) is -0.0488. The van der Waals surface area contributed by atoms with Gasteiger partial charge in [-0.05, 0) is 22.6 Å². The number of fused-ring (bicyclic) bond motifs is 1. The number of halogens is 2. The number of benzene rings is 3. The topological polar surface area (TPSA) is 0 Å². The van der Waals surface area contributed by atoms with Crippen molar-refractivity contribution in [1.82, 2.24) is 0 Å². The van der Waals surface area contributed by atoms with Gasteiger partial charge in [-0.25, -0.2) is 4.39 Å². The van der Waals surface area contributed by atoms with Crippen molar-refractivity contribution in [2.24, 2.45) is 0 Å². The molecular formula is C19H16ClF. The number of alkyl halides is 1. The van der Waals surface area contributed by atoms with Gasteiger partial charge in [-0.1, -0.05) is 67.6 Å². The Labute approximate surface area is 129 Å². The zero-order chi connectivity index (χ0) is 14.8. The van der Waals surface area contributed by atoms with Crippen LogP contribution in [0.1, 0.15) is 29.3 Å². The lowest BCUT2D eigenvalue weighted by Gasteiger charge is -2.20. The van der Waals surface area contributed by atoms with Crippen LogP contribution in [0.5, 0.6) is 0 Å². The van der Waals surface area contributed by atoms with Crippen molar-refractivity contribution in [3.8, 4) is 0 Å². The Kier molecular flexibility index (Phi) is 3.94. The maximum Gasteiger partial charge on any atom is 0.131 e. The molecule has 0 aliphatic heterocycles. The minimum absolute atomic E-state index is 0.154. The van der Waals surface area contributed by atoms with Crippen molar-refractivity contribution in [3.05, 3.63) is 83.7 Å². The fourth-order valence-corrected chi connectivity index (χ4v) is 3.06. The van der Waals surface area contributed by atoms with E-state index in [0.717, 1.165) is 10.9 Å². The standard InChI is InChI=1S/C19H16ClF/c1-13(14-7-3-2-4-8-14)19(20)17-11-12-18(21)16-10-6-5-9-15(16)17/h2-13,19H,1H3. The molecule has 3 aromatic carbocycles. The molecule has 3 aromatic rings. The summed E-state index contributed by atoms with van der Waals surface area (Å²) in [4.78, 5) is 0. The molecule has 0 aliphatic rings. The Balaban J connectivity index is 2.06. The van der Waals surface area contributed by atoms with Crippen LogP contribution in [0.4, 0.5) is 4.39 Å². The average Bonchev–Trinajstić information content (AvgIpc) is 2.55. The lowest BCUT2D eigenvalue weighted by Crippen LogP contribution is -2.03. The quantitative estimate of drug-likeness (QED) is 0.515. The van der Waals surface area contributed by atoms with Crippen molar-refractivity contribution < 1.29 is 4.39 Å². The Morgan fingerprint density at radius 2 is 1.43 bits per heavy atom. The number of hydrogen-bond donors (Lipinski definition) is 0. The highest BCUT2D eigenvalue weighted by Gasteiger charge is 2.20. The first-order chi connectivity index (χ1) is 10.2. The maximum absolute atomic E-state index is 13.9. The third kappa shape index (κ3) is 2.66. The second-order valence-corrected chi connectivity index (χ2v) is 5.75. The molecule has 0 N–H and O–H groups in total. The van der Waals surface area contributed by atoms with Crippen molar-refractivity contribution in [1.29, 1.82) is 0 Å². The summed E-state index contributed by atoms with van der Waals surface area (Å²) in [6, 6.07) is 21.0. The van der Waals surface area contributed by atoms with Crippen molar-refractivity contribution in [2.45, 2.75) is 18.2 Å². The van der Waals surface area contributed by atoms with E-state index in [4.69, 9.17) is 11.6 Å². The van der Waals surface area contributed by atoms with Gasteiger partial charge in [-0.3, -0.25) is 0 Å². The predicted octanol–water partition coefficient (Wildman–Crippen LogP) is 6.06. The highest BCUT2D eigenvalue weighted by Crippen LogP contribution is 2.39. The van der Waals surface area contributed by atoms with E-state index in [-0.39, 0.29) is 17.1 Å². The van der Waals surface area contributed by atoms with Gasteiger partial charge in [0.25, 0.3) is 0 Å². The molecule has 0 saturated carbocycles. The van der Waals surface area contributed by atoms with Gasteiger partial charge in [0.2, 0.25) is 0 Å². The first kappa shape index (κ1) is 14.1. The van der Waals surface area contributed by atoms with Gasteiger partial charge in [0.1, 0.15) is 5.82 Å². The molecule has 0 amide bonds. The molecule has 0 heterocycles. The summed E-state index contributed by atoms with van der Waals surface area (Å²) in [5, 5.41) is 1.32. The van der Waals surface area contributed by atoms with E-state index in [1.807, 2.05) is 36.4 Å². The molecule has 2 unspecified atom stereocenters. The van der Waals surface area contributed by atoms with Gasteiger partial charge in [0.05, 0.1) is 5.38 Å². The third-order valence-corrected chi connectivity index (χ3v) is 4.58. The molecule has 0 aromatic heterocycles. The lowest BCUT2D eigenvalue weighted by molar-refractivity contribution is 0.638. The monoisotopic (exact) mass is 298 g/mol. The Hall–Kier alpha value is -1.86. The van der Waals surface area contributed by atoms with Crippen LogP contribution < -0.4 is 0 Å². The van der Waals surface area contributed by atoms with Crippen molar-refractivity contribution in [3.63, 3.8) is 0 Å². The molecule has 2 atom stereocenters. The number of hydrogen-bond acceptors (Lipinski definition) is 0. The van der Waals surface area contributed by atoms with Gasteiger partial charge < -0.3 is 0 Å². The van der Waals surface area contributed by atoms with E-state index >= 15 is 0 Å². The summed E-state index contributed by atoms with van der Waals surface area (Å²) in [7, 11) is 0. The normalized spacial score (nSPS) is 14.0. The molecule has 3 rings (SSSR count). The molecule has 106 valence electrons. The predicted molar refractivity (Wildman–Crippen MR) is 87.4 cm³/mol. The highest BCUT2D eigenvalue weighted by atomic mass is 35.5. The van der Waals surface area contributed by atoms with Crippen LogP contribution in [0.2, 0.25) is 0 Å². The summed E-state index contributed by atoms with van der Waals surface area (Å²) < 4.78 is 13.9. The van der Waals surface area contributed by atoms with E-state index < -0.39 is 0 Å². The Bertz CT molecular complexity index is 752. The molecule has 0 spiro atoms. The molecule has 0 radical (unpaired) electrons. The zero-order valence-corrected chi connectivity index (χ0v) is 12.5. The largest absolute Gasteiger partial charge is 0.206 e. The number of rotatable bonds is 3. The first-order valence-electron chi connectivity index (χ1n) is 7.04. The van der Waals surface area contributed by atoms with Gasteiger partial charge in [-0.15, -0.1) is 11.6 Å². The van der Waals surface area contributed by atoms with Crippen LogP contribution in [-0.2, 0) is 0 Å². The van der Waals surface area contributed by atoms with Gasteiger partial charge >= 0.3 is 0 Å². The van der Waals surface area contributed by atoms with Crippen LogP contribution in [0.25, 0.3) is 10.8 Å². The van der Waals surface area contributed by atoms with E-state index in [9.17, 15) is 4.39 Å². The molecule has 0 bridgehead atoms.